The molecule has 0 atom stereocenters. The summed E-state index contributed by atoms with van der Waals surface area (Å²) in [4.78, 5) is 17.6. The Hall–Kier alpha value is -0.558. The zero-order valence-electron chi connectivity index (χ0n) is 6.48. The van der Waals surface area contributed by atoms with Gasteiger partial charge >= 0.3 is 12.4 Å². The van der Waals surface area contributed by atoms with E-state index in [1.807, 2.05) is 0 Å². The van der Waals surface area contributed by atoms with Crippen molar-refractivity contribution in [3.8, 4) is 0 Å². The van der Waals surface area contributed by atoms with Crippen LogP contribution in [-0.2, 0) is 9.59 Å². The van der Waals surface area contributed by atoms with Crippen LogP contribution >= 0.6 is 0 Å². The first kappa shape index (κ1) is 19.9. The molecule has 0 unspecified atom stereocenters. The van der Waals surface area contributed by atoms with Crippen molar-refractivity contribution < 1.29 is 46.1 Å². The third-order valence-electron chi connectivity index (χ3n) is 0.463. The molecular formula is C4F6O4Tl-2. The Kier molecular flexibility index (Phi) is 9.09. The predicted molar refractivity (Wildman–Crippen MR) is 27.9 cm³/mol. The number of hydrogen-bond acceptors (Lipinski definition) is 4. The van der Waals surface area contributed by atoms with Gasteiger partial charge in [0.25, 0.3) is 0 Å². The van der Waals surface area contributed by atoms with Crippen LogP contribution in [0.25, 0.3) is 0 Å². The summed E-state index contributed by atoms with van der Waals surface area (Å²) in [6.45, 7) is 0. The van der Waals surface area contributed by atoms with Gasteiger partial charge in [-0.25, -0.2) is 0 Å². The van der Waals surface area contributed by atoms with E-state index in [4.69, 9.17) is 19.8 Å². The normalized spacial score (nSPS) is 10.5. The summed E-state index contributed by atoms with van der Waals surface area (Å²) >= 11 is 0. The van der Waals surface area contributed by atoms with Crippen molar-refractivity contribution in [1.82, 2.24) is 0 Å². The number of rotatable bonds is 0. The van der Waals surface area contributed by atoms with Gasteiger partial charge in [-0.3, -0.25) is 0 Å². The number of carbonyl (C=O) groups is 2. The van der Waals surface area contributed by atoms with Crippen LogP contribution in [0, 0.1) is 0 Å². The summed E-state index contributed by atoms with van der Waals surface area (Å²) in [6, 6.07) is 0. The molecule has 0 N–H and O–H groups in total. The van der Waals surface area contributed by atoms with Crippen molar-refractivity contribution in [1.29, 1.82) is 0 Å². The van der Waals surface area contributed by atoms with Gasteiger partial charge in [0, 0.05) is 27.3 Å². The van der Waals surface area contributed by atoms with Crippen molar-refractivity contribution in [2.45, 2.75) is 12.4 Å². The molecule has 0 saturated carbocycles. The maximum absolute atomic E-state index is 10.5. The summed E-state index contributed by atoms with van der Waals surface area (Å²) < 4.78 is 63.1. The third-order valence-corrected chi connectivity index (χ3v) is 0.463. The van der Waals surface area contributed by atoms with E-state index in [1.165, 1.54) is 0 Å². The fourth-order valence-corrected chi connectivity index (χ4v) is 0. The van der Waals surface area contributed by atoms with Gasteiger partial charge in [0.2, 0.25) is 0 Å². The SMILES string of the molecule is O=C([O-])C(F)(F)F.O=C([O-])C(F)(F)F.[Tl]. The molecule has 0 aromatic heterocycles. The Balaban J connectivity index is -0.000000180. The maximum Gasteiger partial charge on any atom is 0.430 e. The zero-order chi connectivity index (χ0) is 12.2. The van der Waals surface area contributed by atoms with E-state index in [0.717, 1.165) is 0 Å². The summed E-state index contributed by atoms with van der Waals surface area (Å²) in [5.74, 6) is -6.01. The standard InChI is InChI=1S/2C2HF3O2.Tl/c2*3-2(4,5)1(6)7;/h2*(H,6,7);/p-2. The molecule has 87 valence electrons. The van der Waals surface area contributed by atoms with Crippen LogP contribution in [0.15, 0.2) is 0 Å². The van der Waals surface area contributed by atoms with E-state index in [1.54, 1.807) is 0 Å². The number of hydrogen-bond donors (Lipinski definition) is 0. The molecule has 0 aliphatic heterocycles. The molecule has 0 saturated heterocycles. The van der Waals surface area contributed by atoms with Gasteiger partial charge in [-0.1, -0.05) is 0 Å². The third kappa shape index (κ3) is 13.4. The molecule has 0 aromatic carbocycles. The van der Waals surface area contributed by atoms with Crippen LogP contribution in [0.1, 0.15) is 0 Å². The number of carbonyl (C=O) groups excluding carboxylic acids is 2. The average molecular weight is 430 g/mol. The van der Waals surface area contributed by atoms with Crippen molar-refractivity contribution >= 4 is 39.2 Å². The second-order valence-corrected chi connectivity index (χ2v) is 1.57. The Morgan fingerprint density at radius 2 is 0.800 bits per heavy atom. The Labute approximate surface area is 98.0 Å². The van der Waals surface area contributed by atoms with Crippen molar-refractivity contribution in [2.75, 3.05) is 0 Å². The van der Waals surface area contributed by atoms with Gasteiger partial charge in [-0.15, -0.1) is 0 Å². The number of carboxylic acid groups (broad SMARTS) is 2. The van der Waals surface area contributed by atoms with E-state index in [2.05, 4.69) is 0 Å². The van der Waals surface area contributed by atoms with Crippen LogP contribution in [0.4, 0.5) is 26.3 Å². The minimum atomic E-state index is -5.19. The molecular weight excluding hydrogens is 430 g/mol. The predicted octanol–water partition coefficient (Wildman–Crippen LogP) is -1.78. The minimum Gasteiger partial charge on any atom is -0.542 e. The van der Waals surface area contributed by atoms with Crippen molar-refractivity contribution in [3.05, 3.63) is 0 Å². The Morgan fingerprint density at radius 3 is 0.800 bits per heavy atom. The molecule has 0 aromatic rings. The summed E-state index contributed by atoms with van der Waals surface area (Å²) in [7, 11) is 0. The molecule has 15 heavy (non-hydrogen) atoms. The largest absolute Gasteiger partial charge is 0.542 e. The Morgan fingerprint density at radius 1 is 0.733 bits per heavy atom. The first-order chi connectivity index (χ1) is 5.89. The second kappa shape index (κ2) is 6.84. The van der Waals surface area contributed by atoms with Gasteiger partial charge < -0.3 is 19.8 Å². The second-order valence-electron chi connectivity index (χ2n) is 1.57. The van der Waals surface area contributed by atoms with Gasteiger partial charge in [0.05, 0.1) is 0 Å². The fourth-order valence-electron chi connectivity index (χ4n) is 0. The first-order valence-corrected chi connectivity index (χ1v) is 2.45. The molecule has 0 aliphatic rings. The van der Waals surface area contributed by atoms with Gasteiger partial charge in [0.15, 0.2) is 0 Å². The molecule has 0 bridgehead atoms. The van der Waals surface area contributed by atoms with E-state index < -0.39 is 24.3 Å². The molecule has 0 rings (SSSR count). The summed E-state index contributed by atoms with van der Waals surface area (Å²) in [5, 5.41) is 17.6. The van der Waals surface area contributed by atoms with Crippen LogP contribution in [0.5, 0.6) is 0 Å². The topological polar surface area (TPSA) is 80.3 Å². The smallest absolute Gasteiger partial charge is 0.430 e. The Bertz CT molecular complexity index is 196. The van der Waals surface area contributed by atoms with E-state index in [-0.39, 0.29) is 27.3 Å². The van der Waals surface area contributed by atoms with Crippen molar-refractivity contribution in [3.63, 3.8) is 0 Å². The summed E-state index contributed by atoms with van der Waals surface area (Å²) in [5.41, 5.74) is 0. The van der Waals surface area contributed by atoms with Gasteiger partial charge in [-0.2, -0.15) is 26.3 Å². The molecule has 11 heteroatoms. The van der Waals surface area contributed by atoms with E-state index in [0.29, 0.717) is 0 Å². The van der Waals surface area contributed by atoms with Gasteiger partial charge in [-0.05, 0) is 0 Å². The van der Waals surface area contributed by atoms with E-state index in [9.17, 15) is 26.3 Å². The van der Waals surface area contributed by atoms with Gasteiger partial charge in [0.1, 0.15) is 11.9 Å². The fraction of sp³-hybridized carbons (Fsp3) is 0.500. The number of halogens is 6. The molecule has 0 heterocycles. The monoisotopic (exact) mass is 431 g/mol. The molecule has 0 spiro atoms. The van der Waals surface area contributed by atoms with Crippen LogP contribution < -0.4 is 10.2 Å². The molecule has 1 radical (unpaired) electrons. The van der Waals surface area contributed by atoms with Crippen LogP contribution in [0.3, 0.4) is 0 Å². The molecule has 0 amide bonds. The number of aliphatic carboxylic acids is 2. The maximum atomic E-state index is 10.5. The van der Waals surface area contributed by atoms with E-state index >= 15 is 0 Å². The minimum absolute atomic E-state index is 0. The quantitative estimate of drug-likeness (QED) is 0.336. The first-order valence-electron chi connectivity index (χ1n) is 2.45. The average Bonchev–Trinajstić information content (AvgIpc) is 1.83. The summed E-state index contributed by atoms with van der Waals surface area (Å²) in [6.07, 6.45) is -10.4. The molecule has 0 fully saturated rings. The molecule has 0 aliphatic carbocycles. The van der Waals surface area contributed by atoms with Crippen molar-refractivity contribution in [2.24, 2.45) is 0 Å². The zero-order valence-corrected chi connectivity index (χ0v) is 11.0. The number of carboxylic acids is 2. The number of alkyl halides is 6. The molecule has 4 nitrogen and oxygen atoms in total. The van der Waals surface area contributed by atoms with Crippen LogP contribution in [0.2, 0.25) is 0 Å². The van der Waals surface area contributed by atoms with Crippen LogP contribution in [-0.4, -0.2) is 51.6 Å².